The SMILES string of the molecule is CC(C)N1CCC([N+]2(C)CC(N3CCN(CCC(=O)O)CC3)OC2=O)CC1. The predicted molar refractivity (Wildman–Crippen MR) is 101 cm³/mol. The summed E-state index contributed by atoms with van der Waals surface area (Å²) < 4.78 is 6.21. The fraction of sp³-hybridized carbons (Fsp3) is 0.895. The Hall–Kier alpha value is -1.22. The van der Waals surface area contributed by atoms with Crippen LogP contribution in [-0.4, -0.2) is 114 Å². The summed E-state index contributed by atoms with van der Waals surface area (Å²) in [6.07, 6.45) is 2.03. The monoisotopic (exact) mass is 383 g/mol. The highest BCUT2D eigenvalue weighted by Crippen LogP contribution is 2.31. The summed E-state index contributed by atoms with van der Waals surface area (Å²) in [6, 6.07) is 0.904. The largest absolute Gasteiger partial charge is 0.517 e. The minimum absolute atomic E-state index is 0.0868. The van der Waals surface area contributed by atoms with Crippen molar-refractivity contribution in [3.63, 3.8) is 0 Å². The molecule has 0 bridgehead atoms. The maximum atomic E-state index is 12.7. The molecule has 3 aliphatic rings. The van der Waals surface area contributed by atoms with Gasteiger partial charge in [-0.15, -0.1) is 0 Å². The summed E-state index contributed by atoms with van der Waals surface area (Å²) in [5.41, 5.74) is 0. The van der Waals surface area contributed by atoms with Gasteiger partial charge in [0, 0.05) is 64.7 Å². The van der Waals surface area contributed by atoms with Crippen molar-refractivity contribution in [2.24, 2.45) is 0 Å². The molecule has 0 aromatic carbocycles. The summed E-state index contributed by atoms with van der Waals surface area (Å²) in [5.74, 6) is -0.751. The normalized spacial score (nSPS) is 32.1. The van der Waals surface area contributed by atoms with Gasteiger partial charge in [-0.2, -0.15) is 4.79 Å². The zero-order valence-electron chi connectivity index (χ0n) is 17.0. The van der Waals surface area contributed by atoms with Gasteiger partial charge in [0.15, 0.2) is 0 Å². The van der Waals surface area contributed by atoms with Crippen LogP contribution >= 0.6 is 0 Å². The van der Waals surface area contributed by atoms with Crippen LogP contribution < -0.4 is 0 Å². The molecule has 0 spiro atoms. The number of likely N-dealkylation sites (N-methyl/N-ethyl adjacent to an activating group) is 1. The van der Waals surface area contributed by atoms with Gasteiger partial charge in [-0.05, 0) is 13.8 Å². The van der Waals surface area contributed by atoms with Crippen molar-refractivity contribution in [3.05, 3.63) is 0 Å². The van der Waals surface area contributed by atoms with Crippen LogP contribution in [0.1, 0.15) is 33.1 Å². The third-order valence-electron chi connectivity index (χ3n) is 6.68. The molecule has 0 aromatic heterocycles. The predicted octanol–water partition coefficient (Wildman–Crippen LogP) is 0.874. The highest BCUT2D eigenvalue weighted by atomic mass is 16.6. The number of piperidine rings is 1. The first-order valence-electron chi connectivity index (χ1n) is 10.3. The van der Waals surface area contributed by atoms with E-state index in [1.54, 1.807) is 0 Å². The van der Waals surface area contributed by atoms with E-state index >= 15 is 0 Å². The Morgan fingerprint density at radius 1 is 1.19 bits per heavy atom. The molecule has 1 amide bonds. The molecule has 154 valence electrons. The Morgan fingerprint density at radius 2 is 1.81 bits per heavy atom. The van der Waals surface area contributed by atoms with E-state index in [1.165, 1.54) is 0 Å². The van der Waals surface area contributed by atoms with Crippen molar-refractivity contribution >= 4 is 12.1 Å². The Bertz CT molecular complexity index is 542. The molecule has 0 aliphatic carbocycles. The molecule has 0 aromatic rings. The second kappa shape index (κ2) is 8.43. The first-order chi connectivity index (χ1) is 12.8. The van der Waals surface area contributed by atoms with Crippen molar-refractivity contribution < 1.29 is 23.9 Å². The van der Waals surface area contributed by atoms with Crippen molar-refractivity contribution in [1.29, 1.82) is 0 Å². The second-order valence-electron chi connectivity index (χ2n) is 8.67. The van der Waals surface area contributed by atoms with E-state index in [2.05, 4.69) is 28.5 Å². The molecule has 27 heavy (non-hydrogen) atoms. The molecule has 3 rings (SSSR count). The third-order valence-corrected chi connectivity index (χ3v) is 6.68. The fourth-order valence-corrected chi connectivity index (χ4v) is 4.66. The number of likely N-dealkylation sites (tertiary alicyclic amines) is 1. The lowest BCUT2D eigenvalue weighted by atomic mass is 10.0. The quantitative estimate of drug-likeness (QED) is 0.683. The van der Waals surface area contributed by atoms with E-state index in [4.69, 9.17) is 9.84 Å². The Morgan fingerprint density at radius 3 is 2.37 bits per heavy atom. The first kappa shape index (κ1) is 20.5. The number of cyclic esters (lactones) is 1. The van der Waals surface area contributed by atoms with Crippen LogP contribution in [-0.2, 0) is 9.53 Å². The van der Waals surface area contributed by atoms with Gasteiger partial charge in [-0.3, -0.25) is 9.69 Å². The van der Waals surface area contributed by atoms with Gasteiger partial charge < -0.3 is 19.6 Å². The zero-order chi connectivity index (χ0) is 19.6. The highest BCUT2D eigenvalue weighted by molar-refractivity contribution is 5.66. The molecule has 3 aliphatic heterocycles. The number of carboxylic acids is 1. The first-order valence-corrected chi connectivity index (χ1v) is 10.3. The number of ether oxygens (including phenoxy) is 1. The van der Waals surface area contributed by atoms with Crippen LogP contribution in [0, 0.1) is 0 Å². The van der Waals surface area contributed by atoms with Crippen LogP contribution in [0.15, 0.2) is 0 Å². The summed E-state index contributed by atoms with van der Waals surface area (Å²) >= 11 is 0. The fourth-order valence-electron chi connectivity index (χ4n) is 4.66. The van der Waals surface area contributed by atoms with Gasteiger partial charge in [0.05, 0.1) is 13.5 Å². The summed E-state index contributed by atoms with van der Waals surface area (Å²) in [5, 5.41) is 8.83. The minimum atomic E-state index is -0.751. The molecule has 1 N–H and O–H groups in total. The van der Waals surface area contributed by atoms with E-state index in [0.717, 1.165) is 58.7 Å². The van der Waals surface area contributed by atoms with Crippen LogP contribution in [0.5, 0.6) is 0 Å². The van der Waals surface area contributed by atoms with E-state index in [0.29, 0.717) is 23.1 Å². The maximum Gasteiger partial charge on any atom is 0.517 e. The molecule has 8 heteroatoms. The van der Waals surface area contributed by atoms with E-state index < -0.39 is 5.97 Å². The van der Waals surface area contributed by atoms with Crippen molar-refractivity contribution in [2.45, 2.75) is 51.4 Å². The lowest BCUT2D eigenvalue weighted by Crippen LogP contribution is -2.59. The van der Waals surface area contributed by atoms with Crippen molar-refractivity contribution in [2.75, 3.05) is 59.4 Å². The number of carbonyl (C=O) groups excluding carboxylic acids is 1. The molecule has 8 nitrogen and oxygen atoms in total. The molecule has 3 heterocycles. The summed E-state index contributed by atoms with van der Waals surface area (Å²) in [4.78, 5) is 30.4. The van der Waals surface area contributed by atoms with Crippen molar-refractivity contribution in [1.82, 2.24) is 14.7 Å². The molecule has 3 saturated heterocycles. The standard InChI is InChI=1S/C19H34N4O4/c1-15(2)21-8-4-16(5-9-21)23(3)14-17(27-19(23)26)22-12-10-20(11-13-22)7-6-18(24)25/h15-17H,4-14H2,1-3H3/p+1. The number of carbonyl (C=O) groups is 2. The number of nitrogens with zero attached hydrogens (tertiary/aromatic N) is 4. The lowest BCUT2D eigenvalue weighted by molar-refractivity contribution is -0.852. The molecule has 2 atom stereocenters. The van der Waals surface area contributed by atoms with Gasteiger partial charge in [0.2, 0.25) is 6.23 Å². The average Bonchev–Trinajstić information content (AvgIpc) is 2.96. The molecule has 0 radical (unpaired) electrons. The summed E-state index contributed by atoms with van der Waals surface area (Å²) in [7, 11) is 2.04. The van der Waals surface area contributed by atoms with Crippen LogP contribution in [0.3, 0.4) is 0 Å². The Balaban J connectivity index is 1.51. The molecule has 2 unspecified atom stereocenters. The minimum Gasteiger partial charge on any atom is -0.481 e. The summed E-state index contributed by atoms with van der Waals surface area (Å²) in [6.45, 7) is 11.2. The van der Waals surface area contributed by atoms with E-state index in [9.17, 15) is 9.59 Å². The number of hydrogen-bond acceptors (Lipinski definition) is 6. The third kappa shape index (κ3) is 4.62. The number of amides is 1. The second-order valence-corrected chi connectivity index (χ2v) is 8.67. The molecule has 0 saturated carbocycles. The topological polar surface area (TPSA) is 73.3 Å². The molecule has 3 fully saturated rings. The number of carboxylic acid groups (broad SMARTS) is 1. The number of hydrogen-bond donors (Lipinski definition) is 1. The van der Waals surface area contributed by atoms with Gasteiger partial charge in [0.1, 0.15) is 12.6 Å². The smallest absolute Gasteiger partial charge is 0.481 e. The average molecular weight is 384 g/mol. The van der Waals surface area contributed by atoms with Gasteiger partial charge in [0.25, 0.3) is 0 Å². The number of rotatable bonds is 6. The Kier molecular flexibility index (Phi) is 6.40. The molecular weight excluding hydrogens is 348 g/mol. The number of piperazine rings is 1. The van der Waals surface area contributed by atoms with Crippen LogP contribution in [0.25, 0.3) is 0 Å². The zero-order valence-corrected chi connectivity index (χ0v) is 17.0. The van der Waals surface area contributed by atoms with E-state index in [-0.39, 0.29) is 18.7 Å². The van der Waals surface area contributed by atoms with Gasteiger partial charge in [-0.1, -0.05) is 0 Å². The van der Waals surface area contributed by atoms with Gasteiger partial charge >= 0.3 is 12.1 Å². The molecular formula is C19H35N4O4+. The lowest BCUT2D eigenvalue weighted by Gasteiger charge is -2.40. The van der Waals surface area contributed by atoms with Gasteiger partial charge in [-0.25, -0.2) is 4.48 Å². The van der Waals surface area contributed by atoms with Crippen LogP contribution in [0.2, 0.25) is 0 Å². The van der Waals surface area contributed by atoms with E-state index in [1.807, 2.05) is 7.05 Å². The maximum absolute atomic E-state index is 12.7. The number of aliphatic carboxylic acids is 1. The Labute approximate surface area is 162 Å². The van der Waals surface area contributed by atoms with Crippen molar-refractivity contribution in [3.8, 4) is 0 Å². The van der Waals surface area contributed by atoms with Crippen LogP contribution in [0.4, 0.5) is 4.79 Å². The number of quaternary nitrogens is 1. The highest BCUT2D eigenvalue weighted by Gasteiger charge is 2.53.